The number of anilines is 2. The van der Waals surface area contributed by atoms with Crippen molar-refractivity contribution in [2.45, 2.75) is 6.54 Å². The molecule has 3 N–H and O–H groups in total. The summed E-state index contributed by atoms with van der Waals surface area (Å²) in [5, 5.41) is 3.03. The van der Waals surface area contributed by atoms with Crippen molar-refractivity contribution in [3.8, 4) is 0 Å². The van der Waals surface area contributed by atoms with Gasteiger partial charge in [-0.2, -0.15) is 0 Å². The van der Waals surface area contributed by atoms with Gasteiger partial charge in [-0.05, 0) is 29.8 Å². The summed E-state index contributed by atoms with van der Waals surface area (Å²) in [5.74, 6) is 0.374. The minimum atomic E-state index is -0.296. The summed E-state index contributed by atoms with van der Waals surface area (Å²) in [5.41, 5.74) is 7.08. The van der Waals surface area contributed by atoms with Crippen LogP contribution in [0.1, 0.15) is 5.56 Å². The Morgan fingerprint density at radius 2 is 2.12 bits per heavy atom. The Labute approximate surface area is 93.1 Å². The van der Waals surface area contributed by atoms with Gasteiger partial charge in [0.1, 0.15) is 11.6 Å². The lowest BCUT2D eigenvalue weighted by atomic mass is 10.1. The monoisotopic (exact) mass is 217 g/mol. The lowest BCUT2D eigenvalue weighted by Crippen LogP contribution is -2.03. The zero-order valence-electron chi connectivity index (χ0n) is 8.65. The van der Waals surface area contributed by atoms with E-state index in [0.717, 1.165) is 5.56 Å². The number of pyridine rings is 1. The zero-order chi connectivity index (χ0) is 11.4. The Hall–Kier alpha value is -1.94. The molecule has 0 spiro atoms. The van der Waals surface area contributed by atoms with E-state index in [-0.39, 0.29) is 5.82 Å². The van der Waals surface area contributed by atoms with E-state index in [9.17, 15) is 4.39 Å². The number of halogens is 1. The van der Waals surface area contributed by atoms with Gasteiger partial charge in [0.15, 0.2) is 0 Å². The first-order valence-electron chi connectivity index (χ1n) is 4.96. The normalized spacial score (nSPS) is 10.1. The smallest absolute Gasteiger partial charge is 0.130 e. The van der Waals surface area contributed by atoms with E-state index in [4.69, 9.17) is 5.73 Å². The first kappa shape index (κ1) is 10.6. The molecule has 0 aliphatic carbocycles. The standard InChI is InChI=1S/C12H12FN3/c13-10-5-4-9(8-14)11(7-10)16-12-3-1-2-6-15-12/h1-7H,8,14H2,(H,15,16). The molecular weight excluding hydrogens is 205 g/mol. The third-order valence-electron chi connectivity index (χ3n) is 2.22. The van der Waals surface area contributed by atoms with Gasteiger partial charge in [0.2, 0.25) is 0 Å². The van der Waals surface area contributed by atoms with Crippen molar-refractivity contribution < 1.29 is 4.39 Å². The molecule has 3 nitrogen and oxygen atoms in total. The van der Waals surface area contributed by atoms with Gasteiger partial charge >= 0.3 is 0 Å². The van der Waals surface area contributed by atoms with Gasteiger partial charge in [0.05, 0.1) is 0 Å². The summed E-state index contributed by atoms with van der Waals surface area (Å²) in [6.07, 6.45) is 1.67. The molecule has 0 saturated heterocycles. The van der Waals surface area contributed by atoms with Crippen LogP contribution < -0.4 is 11.1 Å². The second-order valence-corrected chi connectivity index (χ2v) is 3.35. The van der Waals surface area contributed by atoms with Gasteiger partial charge in [0.25, 0.3) is 0 Å². The molecule has 82 valence electrons. The SMILES string of the molecule is NCc1ccc(F)cc1Nc1ccccn1. The molecule has 0 atom stereocenters. The van der Waals surface area contributed by atoms with Crippen molar-refractivity contribution in [2.75, 3.05) is 5.32 Å². The summed E-state index contributed by atoms with van der Waals surface area (Å²) >= 11 is 0. The van der Waals surface area contributed by atoms with Crippen LogP contribution in [-0.2, 0) is 6.54 Å². The molecule has 0 aliphatic rings. The fourth-order valence-electron chi connectivity index (χ4n) is 1.42. The molecule has 1 heterocycles. The number of nitrogens with one attached hydrogen (secondary N) is 1. The molecule has 0 unspecified atom stereocenters. The van der Waals surface area contributed by atoms with Gasteiger partial charge in [0, 0.05) is 18.4 Å². The Morgan fingerprint density at radius 3 is 2.81 bits per heavy atom. The second kappa shape index (κ2) is 4.72. The summed E-state index contributed by atoms with van der Waals surface area (Å²) in [7, 11) is 0. The average molecular weight is 217 g/mol. The molecule has 2 aromatic rings. The summed E-state index contributed by atoms with van der Waals surface area (Å²) < 4.78 is 13.1. The van der Waals surface area contributed by atoms with E-state index >= 15 is 0 Å². The Bertz CT molecular complexity index is 471. The lowest BCUT2D eigenvalue weighted by molar-refractivity contribution is 0.627. The second-order valence-electron chi connectivity index (χ2n) is 3.35. The molecule has 1 aromatic heterocycles. The number of aromatic nitrogens is 1. The quantitative estimate of drug-likeness (QED) is 0.830. The van der Waals surface area contributed by atoms with Crippen LogP contribution >= 0.6 is 0 Å². The highest BCUT2D eigenvalue weighted by Gasteiger charge is 2.03. The van der Waals surface area contributed by atoms with Gasteiger partial charge in [-0.3, -0.25) is 0 Å². The van der Waals surface area contributed by atoms with Crippen molar-refractivity contribution in [1.29, 1.82) is 0 Å². The van der Waals surface area contributed by atoms with E-state index in [1.165, 1.54) is 12.1 Å². The van der Waals surface area contributed by atoms with Crippen LogP contribution in [0, 0.1) is 5.82 Å². The third kappa shape index (κ3) is 2.35. The molecule has 0 bridgehead atoms. The Morgan fingerprint density at radius 1 is 1.25 bits per heavy atom. The van der Waals surface area contributed by atoms with Crippen molar-refractivity contribution in [3.05, 3.63) is 54.0 Å². The van der Waals surface area contributed by atoms with Gasteiger partial charge in [-0.15, -0.1) is 0 Å². The molecule has 0 amide bonds. The molecule has 2 rings (SSSR count). The Kier molecular flexibility index (Phi) is 3.12. The predicted octanol–water partition coefficient (Wildman–Crippen LogP) is 2.42. The molecule has 16 heavy (non-hydrogen) atoms. The third-order valence-corrected chi connectivity index (χ3v) is 2.22. The first-order chi connectivity index (χ1) is 7.79. The molecule has 4 heteroatoms. The summed E-state index contributed by atoms with van der Waals surface area (Å²) in [4.78, 5) is 4.10. The first-order valence-corrected chi connectivity index (χ1v) is 4.96. The van der Waals surface area contributed by atoms with Crippen LogP contribution in [0.15, 0.2) is 42.6 Å². The van der Waals surface area contributed by atoms with E-state index in [1.807, 2.05) is 18.2 Å². The van der Waals surface area contributed by atoms with E-state index in [1.54, 1.807) is 12.3 Å². The van der Waals surface area contributed by atoms with E-state index in [2.05, 4.69) is 10.3 Å². The maximum Gasteiger partial charge on any atom is 0.130 e. The highest BCUT2D eigenvalue weighted by molar-refractivity contribution is 5.60. The van der Waals surface area contributed by atoms with Crippen molar-refractivity contribution in [1.82, 2.24) is 4.98 Å². The minimum absolute atomic E-state index is 0.296. The highest BCUT2D eigenvalue weighted by Crippen LogP contribution is 2.20. The summed E-state index contributed by atoms with van der Waals surface area (Å²) in [6, 6.07) is 9.96. The maximum atomic E-state index is 13.1. The van der Waals surface area contributed by atoms with Gasteiger partial charge in [-0.25, -0.2) is 9.37 Å². The summed E-state index contributed by atoms with van der Waals surface area (Å²) in [6.45, 7) is 0.357. The van der Waals surface area contributed by atoms with Crippen LogP contribution in [0.2, 0.25) is 0 Å². The maximum absolute atomic E-state index is 13.1. The van der Waals surface area contributed by atoms with Crippen LogP contribution in [-0.4, -0.2) is 4.98 Å². The molecule has 1 aromatic carbocycles. The minimum Gasteiger partial charge on any atom is -0.340 e. The van der Waals surface area contributed by atoms with E-state index in [0.29, 0.717) is 18.1 Å². The van der Waals surface area contributed by atoms with Gasteiger partial charge < -0.3 is 11.1 Å². The van der Waals surface area contributed by atoms with Crippen LogP contribution in [0.3, 0.4) is 0 Å². The number of benzene rings is 1. The number of nitrogens with two attached hydrogens (primary N) is 1. The van der Waals surface area contributed by atoms with E-state index < -0.39 is 0 Å². The molecule has 0 fully saturated rings. The largest absolute Gasteiger partial charge is 0.340 e. The molecule has 0 aliphatic heterocycles. The van der Waals surface area contributed by atoms with Crippen molar-refractivity contribution in [3.63, 3.8) is 0 Å². The highest BCUT2D eigenvalue weighted by atomic mass is 19.1. The number of nitrogens with zero attached hydrogens (tertiary/aromatic N) is 1. The average Bonchev–Trinajstić information content (AvgIpc) is 2.31. The fraction of sp³-hybridized carbons (Fsp3) is 0.0833. The Balaban J connectivity index is 2.30. The van der Waals surface area contributed by atoms with Crippen molar-refractivity contribution >= 4 is 11.5 Å². The zero-order valence-corrected chi connectivity index (χ0v) is 8.65. The van der Waals surface area contributed by atoms with Crippen LogP contribution in [0.25, 0.3) is 0 Å². The molecular formula is C12H12FN3. The molecule has 0 saturated carbocycles. The lowest BCUT2D eigenvalue weighted by Gasteiger charge is -2.09. The fourth-order valence-corrected chi connectivity index (χ4v) is 1.42. The number of hydrogen-bond donors (Lipinski definition) is 2. The van der Waals surface area contributed by atoms with Crippen LogP contribution in [0.4, 0.5) is 15.9 Å². The van der Waals surface area contributed by atoms with Gasteiger partial charge in [-0.1, -0.05) is 12.1 Å². The van der Waals surface area contributed by atoms with Crippen LogP contribution in [0.5, 0.6) is 0 Å². The predicted molar refractivity (Wildman–Crippen MR) is 61.8 cm³/mol. The topological polar surface area (TPSA) is 50.9 Å². The number of rotatable bonds is 3. The number of hydrogen-bond acceptors (Lipinski definition) is 3. The molecule has 0 radical (unpaired) electrons. The van der Waals surface area contributed by atoms with Crippen molar-refractivity contribution in [2.24, 2.45) is 5.73 Å².